The summed E-state index contributed by atoms with van der Waals surface area (Å²) in [6.07, 6.45) is 7.46. The Balaban J connectivity index is 2.49. The zero-order chi connectivity index (χ0) is 12.7. The summed E-state index contributed by atoms with van der Waals surface area (Å²) in [7, 11) is 0. The molecule has 0 radical (unpaired) electrons. The Morgan fingerprint density at radius 1 is 1.29 bits per heavy atom. The minimum atomic E-state index is 0.480. The molecule has 0 aliphatic carbocycles. The maximum absolute atomic E-state index is 3.64. The Hall–Kier alpha value is 0.270. The van der Waals surface area contributed by atoms with E-state index in [0.717, 1.165) is 6.04 Å². The van der Waals surface area contributed by atoms with Gasteiger partial charge in [-0.1, -0.05) is 27.2 Å². The van der Waals surface area contributed by atoms with Gasteiger partial charge in [-0.25, -0.2) is 0 Å². The molecule has 1 fully saturated rings. The van der Waals surface area contributed by atoms with Gasteiger partial charge in [0.15, 0.2) is 0 Å². The molecule has 2 nitrogen and oxygen atoms in total. The molecule has 1 atom stereocenters. The fourth-order valence-electron chi connectivity index (χ4n) is 2.81. The number of nitrogens with one attached hydrogen (secondary N) is 1. The molecule has 1 unspecified atom stereocenters. The smallest absolute Gasteiger partial charge is 0.0279 e. The number of nitrogens with zero attached hydrogens (tertiary/aromatic N) is 1. The second-order valence-corrected chi connectivity index (χ2v) is 6.54. The maximum Gasteiger partial charge on any atom is 0.0279 e. The van der Waals surface area contributed by atoms with Crippen molar-refractivity contribution >= 4 is 11.8 Å². The molecule has 1 saturated heterocycles. The summed E-state index contributed by atoms with van der Waals surface area (Å²) in [5, 5.41) is 3.64. The zero-order valence-electron chi connectivity index (χ0n) is 12.1. The normalized spacial score (nSPS) is 22.9. The van der Waals surface area contributed by atoms with Crippen molar-refractivity contribution < 1.29 is 0 Å². The van der Waals surface area contributed by atoms with E-state index in [-0.39, 0.29) is 0 Å². The molecule has 3 heteroatoms. The van der Waals surface area contributed by atoms with E-state index >= 15 is 0 Å². The fourth-order valence-corrected chi connectivity index (χ4v) is 3.70. The molecule has 1 aliphatic rings. The average Bonchev–Trinajstić information content (AvgIpc) is 2.37. The summed E-state index contributed by atoms with van der Waals surface area (Å²) in [6.45, 7) is 11.9. The highest BCUT2D eigenvalue weighted by molar-refractivity contribution is 8.00. The van der Waals surface area contributed by atoms with Crippen LogP contribution in [-0.4, -0.2) is 48.1 Å². The van der Waals surface area contributed by atoms with E-state index in [1.54, 1.807) is 0 Å². The summed E-state index contributed by atoms with van der Waals surface area (Å²) in [5.41, 5.74) is 0. The minimum absolute atomic E-state index is 0.480. The standard InChI is InChI=1S/C14H30N2S/c1-5-8-13-11-16(10-9-15-13)12-14(6-2,7-3)17-4/h13,15H,5-12H2,1-4H3. The van der Waals surface area contributed by atoms with Crippen molar-refractivity contribution in [2.75, 3.05) is 32.4 Å². The van der Waals surface area contributed by atoms with E-state index in [9.17, 15) is 0 Å². The second-order valence-electron chi connectivity index (χ2n) is 5.27. The van der Waals surface area contributed by atoms with Gasteiger partial charge in [-0.2, -0.15) is 11.8 Å². The van der Waals surface area contributed by atoms with Gasteiger partial charge in [-0.05, 0) is 25.5 Å². The van der Waals surface area contributed by atoms with Gasteiger partial charge in [0.05, 0.1) is 0 Å². The molecule has 17 heavy (non-hydrogen) atoms. The summed E-state index contributed by atoms with van der Waals surface area (Å²) >= 11 is 2.06. The van der Waals surface area contributed by atoms with E-state index < -0.39 is 0 Å². The third-order valence-electron chi connectivity index (χ3n) is 4.21. The molecule has 0 amide bonds. The Bertz CT molecular complexity index is 194. The van der Waals surface area contributed by atoms with Crippen LogP contribution < -0.4 is 5.32 Å². The van der Waals surface area contributed by atoms with Gasteiger partial charge in [-0.3, -0.25) is 4.90 Å². The van der Waals surface area contributed by atoms with Crippen molar-refractivity contribution in [2.24, 2.45) is 0 Å². The topological polar surface area (TPSA) is 15.3 Å². The van der Waals surface area contributed by atoms with Crippen molar-refractivity contribution in [3.63, 3.8) is 0 Å². The lowest BCUT2D eigenvalue weighted by atomic mass is 10.00. The highest BCUT2D eigenvalue weighted by Gasteiger charge is 2.29. The van der Waals surface area contributed by atoms with Gasteiger partial charge in [0, 0.05) is 37.0 Å². The lowest BCUT2D eigenvalue weighted by Gasteiger charge is -2.40. The SMILES string of the molecule is CCCC1CN(CC(CC)(CC)SC)CCN1. The third-order valence-corrected chi connectivity index (χ3v) is 5.78. The van der Waals surface area contributed by atoms with Crippen LogP contribution in [0.2, 0.25) is 0 Å². The maximum atomic E-state index is 3.64. The van der Waals surface area contributed by atoms with Crippen molar-refractivity contribution in [2.45, 2.75) is 57.2 Å². The predicted molar refractivity (Wildman–Crippen MR) is 80.0 cm³/mol. The minimum Gasteiger partial charge on any atom is -0.311 e. The van der Waals surface area contributed by atoms with Gasteiger partial charge in [0.2, 0.25) is 0 Å². The summed E-state index contributed by atoms with van der Waals surface area (Å²) < 4.78 is 0.480. The van der Waals surface area contributed by atoms with Crippen LogP contribution in [0.3, 0.4) is 0 Å². The molecular formula is C14H30N2S. The third kappa shape index (κ3) is 4.46. The first kappa shape index (κ1) is 15.3. The number of piperazine rings is 1. The van der Waals surface area contributed by atoms with Gasteiger partial charge < -0.3 is 5.32 Å². The average molecular weight is 258 g/mol. The van der Waals surface area contributed by atoms with Gasteiger partial charge >= 0.3 is 0 Å². The lowest BCUT2D eigenvalue weighted by Crippen LogP contribution is -2.54. The molecule has 1 rings (SSSR count). The molecule has 0 spiro atoms. The second kappa shape index (κ2) is 7.65. The number of thioether (sulfide) groups is 1. The lowest BCUT2D eigenvalue weighted by molar-refractivity contribution is 0.174. The number of hydrogen-bond donors (Lipinski definition) is 1. The molecule has 1 heterocycles. The molecule has 0 bridgehead atoms. The highest BCUT2D eigenvalue weighted by atomic mass is 32.2. The van der Waals surface area contributed by atoms with Crippen LogP contribution >= 0.6 is 11.8 Å². The fraction of sp³-hybridized carbons (Fsp3) is 1.00. The molecule has 0 aromatic carbocycles. The van der Waals surface area contributed by atoms with Crippen LogP contribution in [-0.2, 0) is 0 Å². The summed E-state index contributed by atoms with van der Waals surface area (Å²) in [4.78, 5) is 2.68. The molecule has 0 aromatic rings. The van der Waals surface area contributed by atoms with Crippen LogP contribution in [0.5, 0.6) is 0 Å². The van der Waals surface area contributed by atoms with Crippen LogP contribution in [0, 0.1) is 0 Å². The Kier molecular flexibility index (Phi) is 6.90. The molecule has 0 saturated carbocycles. The van der Waals surface area contributed by atoms with Crippen molar-refractivity contribution in [1.82, 2.24) is 10.2 Å². The van der Waals surface area contributed by atoms with E-state index in [1.807, 2.05) is 0 Å². The highest BCUT2D eigenvalue weighted by Crippen LogP contribution is 2.31. The Morgan fingerprint density at radius 2 is 2.00 bits per heavy atom. The van der Waals surface area contributed by atoms with E-state index in [4.69, 9.17) is 0 Å². The zero-order valence-corrected chi connectivity index (χ0v) is 12.9. The van der Waals surface area contributed by atoms with Crippen LogP contribution in [0.15, 0.2) is 0 Å². The van der Waals surface area contributed by atoms with Crippen LogP contribution in [0.4, 0.5) is 0 Å². The molecule has 1 N–H and O–H groups in total. The quantitative estimate of drug-likeness (QED) is 0.756. The predicted octanol–water partition coefficient (Wildman–Crippen LogP) is 2.98. The van der Waals surface area contributed by atoms with Crippen LogP contribution in [0.1, 0.15) is 46.5 Å². The van der Waals surface area contributed by atoms with Crippen molar-refractivity contribution in [3.05, 3.63) is 0 Å². The molecule has 0 aromatic heterocycles. The molecular weight excluding hydrogens is 228 g/mol. The van der Waals surface area contributed by atoms with Gasteiger partial charge in [0.25, 0.3) is 0 Å². The number of hydrogen-bond acceptors (Lipinski definition) is 3. The first-order valence-corrected chi connectivity index (χ1v) is 8.43. The largest absolute Gasteiger partial charge is 0.311 e. The van der Waals surface area contributed by atoms with Crippen LogP contribution in [0.25, 0.3) is 0 Å². The van der Waals surface area contributed by atoms with E-state index in [0.29, 0.717) is 4.75 Å². The Labute approximate surface area is 112 Å². The van der Waals surface area contributed by atoms with Gasteiger partial charge in [0.1, 0.15) is 0 Å². The summed E-state index contributed by atoms with van der Waals surface area (Å²) in [5.74, 6) is 0. The van der Waals surface area contributed by atoms with E-state index in [2.05, 4.69) is 49.0 Å². The van der Waals surface area contributed by atoms with Crippen molar-refractivity contribution in [1.29, 1.82) is 0 Å². The van der Waals surface area contributed by atoms with E-state index in [1.165, 1.54) is 51.9 Å². The monoisotopic (exact) mass is 258 g/mol. The van der Waals surface area contributed by atoms with Crippen molar-refractivity contribution in [3.8, 4) is 0 Å². The first-order chi connectivity index (χ1) is 8.19. The first-order valence-electron chi connectivity index (χ1n) is 7.20. The molecule has 102 valence electrons. The Morgan fingerprint density at radius 3 is 2.53 bits per heavy atom. The summed E-state index contributed by atoms with van der Waals surface area (Å²) in [6, 6.07) is 0.724. The van der Waals surface area contributed by atoms with Gasteiger partial charge in [-0.15, -0.1) is 0 Å². The number of rotatable bonds is 7. The molecule has 1 aliphatic heterocycles.